The number of fused-ring (bicyclic) bond motifs is 2. The highest BCUT2D eigenvalue weighted by Gasteiger charge is 2.23. The second-order valence-electron chi connectivity index (χ2n) is 7.43. The molecular weight excluding hydrogens is 380 g/mol. The second kappa shape index (κ2) is 6.81. The molecule has 0 amide bonds. The fourth-order valence-corrected chi connectivity index (χ4v) is 4.99. The first-order valence-corrected chi connectivity index (χ1v) is 10.7. The van der Waals surface area contributed by atoms with Gasteiger partial charge in [-0.25, -0.2) is 9.67 Å². The molecule has 1 aliphatic rings. The maximum Gasteiger partial charge on any atom is 0.262 e. The summed E-state index contributed by atoms with van der Waals surface area (Å²) < 4.78 is 3.81. The van der Waals surface area contributed by atoms with Crippen LogP contribution in [0.5, 0.6) is 0 Å². The number of rotatable bonds is 3. The van der Waals surface area contributed by atoms with Crippen molar-refractivity contribution in [3.8, 4) is 5.69 Å². The molecule has 0 unspecified atom stereocenters. The summed E-state index contributed by atoms with van der Waals surface area (Å²) in [5.74, 6) is 0.804. The first-order chi connectivity index (χ1) is 14.1. The van der Waals surface area contributed by atoms with Crippen LogP contribution in [0.3, 0.4) is 0 Å². The monoisotopic (exact) mass is 402 g/mol. The van der Waals surface area contributed by atoms with Gasteiger partial charge in [-0.1, -0.05) is 25.1 Å². The molecule has 3 aromatic heterocycles. The van der Waals surface area contributed by atoms with Crippen LogP contribution in [0.2, 0.25) is 0 Å². The molecule has 0 saturated heterocycles. The molecule has 0 aliphatic carbocycles. The third kappa shape index (κ3) is 2.86. The van der Waals surface area contributed by atoms with E-state index in [-0.39, 0.29) is 5.56 Å². The Morgan fingerprint density at radius 2 is 2.00 bits per heavy atom. The van der Waals surface area contributed by atoms with E-state index in [1.807, 2.05) is 40.4 Å². The van der Waals surface area contributed by atoms with Crippen molar-refractivity contribution >= 4 is 33.2 Å². The highest BCUT2D eigenvalue weighted by molar-refractivity contribution is 7.18. The number of aromatic nitrogens is 4. The van der Waals surface area contributed by atoms with Gasteiger partial charge in [0.15, 0.2) is 0 Å². The predicted molar refractivity (Wildman–Crippen MR) is 119 cm³/mol. The lowest BCUT2D eigenvalue weighted by Gasteiger charge is -2.05. The van der Waals surface area contributed by atoms with Crippen LogP contribution in [0.1, 0.15) is 41.0 Å². The number of hydrogen-bond acceptors (Lipinski definition) is 4. The van der Waals surface area contributed by atoms with E-state index in [0.29, 0.717) is 6.54 Å². The van der Waals surface area contributed by atoms with Crippen molar-refractivity contribution in [3.63, 3.8) is 0 Å². The van der Waals surface area contributed by atoms with Gasteiger partial charge in [-0.3, -0.25) is 9.36 Å². The molecule has 0 saturated carbocycles. The number of allylic oxidation sites excluding steroid dienone is 1. The Labute approximate surface area is 173 Å². The van der Waals surface area contributed by atoms with E-state index in [0.717, 1.165) is 57.1 Å². The van der Waals surface area contributed by atoms with Crippen LogP contribution in [0.25, 0.3) is 27.6 Å². The first-order valence-electron chi connectivity index (χ1n) is 9.92. The minimum absolute atomic E-state index is 0.0813. The van der Waals surface area contributed by atoms with E-state index in [1.165, 1.54) is 4.88 Å². The van der Waals surface area contributed by atoms with Crippen LogP contribution in [0.15, 0.2) is 41.2 Å². The SMILES string of the molecule is CCc1cc2c(=O)n3c(nc2s1)/C(=C/c1c(C)nn(-c2ccccc2)c1C)CC3. The molecule has 29 heavy (non-hydrogen) atoms. The van der Waals surface area contributed by atoms with Crippen molar-refractivity contribution < 1.29 is 0 Å². The molecule has 4 heterocycles. The Kier molecular flexibility index (Phi) is 4.24. The van der Waals surface area contributed by atoms with Crippen LogP contribution in [0.4, 0.5) is 0 Å². The third-order valence-corrected chi connectivity index (χ3v) is 6.78. The lowest BCUT2D eigenvalue weighted by atomic mass is 10.1. The molecule has 6 heteroatoms. The van der Waals surface area contributed by atoms with E-state index in [9.17, 15) is 4.79 Å². The zero-order valence-electron chi connectivity index (χ0n) is 16.8. The van der Waals surface area contributed by atoms with Crippen molar-refractivity contribution in [2.45, 2.75) is 40.2 Å². The Morgan fingerprint density at radius 3 is 2.76 bits per heavy atom. The van der Waals surface area contributed by atoms with Crippen molar-refractivity contribution in [1.29, 1.82) is 0 Å². The average Bonchev–Trinajstić information content (AvgIpc) is 3.41. The van der Waals surface area contributed by atoms with E-state index >= 15 is 0 Å². The molecule has 0 radical (unpaired) electrons. The second-order valence-corrected chi connectivity index (χ2v) is 8.54. The number of nitrogens with zero attached hydrogens (tertiary/aromatic N) is 4. The minimum atomic E-state index is 0.0813. The number of para-hydroxylation sites is 1. The van der Waals surface area contributed by atoms with Crippen molar-refractivity contribution in [2.24, 2.45) is 0 Å². The summed E-state index contributed by atoms with van der Waals surface area (Å²) in [5, 5.41) is 5.50. The zero-order valence-corrected chi connectivity index (χ0v) is 17.6. The van der Waals surface area contributed by atoms with Gasteiger partial charge in [-0.2, -0.15) is 5.10 Å². The summed E-state index contributed by atoms with van der Waals surface area (Å²) in [6.07, 6.45) is 3.91. The van der Waals surface area contributed by atoms with Gasteiger partial charge < -0.3 is 0 Å². The molecule has 5 nitrogen and oxygen atoms in total. The maximum absolute atomic E-state index is 13.0. The van der Waals surface area contributed by atoms with E-state index < -0.39 is 0 Å². The summed E-state index contributed by atoms with van der Waals surface area (Å²) >= 11 is 1.63. The third-order valence-electron chi connectivity index (χ3n) is 5.61. The molecule has 0 fully saturated rings. The number of benzene rings is 1. The summed E-state index contributed by atoms with van der Waals surface area (Å²) in [7, 11) is 0. The highest BCUT2D eigenvalue weighted by atomic mass is 32.1. The molecule has 4 aromatic rings. The van der Waals surface area contributed by atoms with Crippen LogP contribution in [0, 0.1) is 13.8 Å². The van der Waals surface area contributed by atoms with Gasteiger partial charge in [0.25, 0.3) is 5.56 Å². The Morgan fingerprint density at radius 1 is 1.21 bits per heavy atom. The van der Waals surface area contributed by atoms with Gasteiger partial charge in [0.1, 0.15) is 10.7 Å². The van der Waals surface area contributed by atoms with Gasteiger partial charge in [0.05, 0.1) is 16.8 Å². The van der Waals surface area contributed by atoms with Crippen LogP contribution >= 0.6 is 11.3 Å². The highest BCUT2D eigenvalue weighted by Crippen LogP contribution is 2.31. The van der Waals surface area contributed by atoms with Gasteiger partial charge in [0.2, 0.25) is 0 Å². The largest absolute Gasteiger partial charge is 0.292 e. The first kappa shape index (κ1) is 18.1. The van der Waals surface area contributed by atoms with Crippen LogP contribution in [-0.2, 0) is 13.0 Å². The fraction of sp³-hybridized carbons (Fsp3) is 0.261. The summed E-state index contributed by atoms with van der Waals surface area (Å²) in [6.45, 7) is 6.91. The fourth-order valence-electron chi connectivity index (χ4n) is 4.03. The molecule has 1 aliphatic heterocycles. The summed E-state index contributed by atoms with van der Waals surface area (Å²) in [4.78, 5) is 19.9. The quantitative estimate of drug-likeness (QED) is 0.496. The lowest BCUT2D eigenvalue weighted by Crippen LogP contribution is -2.19. The number of thiophene rings is 1. The van der Waals surface area contributed by atoms with Gasteiger partial charge in [-0.15, -0.1) is 11.3 Å². The van der Waals surface area contributed by atoms with Gasteiger partial charge >= 0.3 is 0 Å². The van der Waals surface area contributed by atoms with E-state index in [1.54, 1.807) is 11.3 Å². The number of hydrogen-bond donors (Lipinski definition) is 0. The van der Waals surface area contributed by atoms with E-state index in [4.69, 9.17) is 10.1 Å². The van der Waals surface area contributed by atoms with Gasteiger partial charge in [0, 0.05) is 22.7 Å². The minimum Gasteiger partial charge on any atom is -0.292 e. The standard InChI is InChI=1S/C23H22N4OS/c1-4-18-13-20-22(29-18)24-21-16(10-11-26(21)23(20)28)12-19-14(2)25-27(15(19)3)17-8-6-5-7-9-17/h5-9,12-13H,4,10-11H2,1-3H3/b16-12+. The predicted octanol–water partition coefficient (Wildman–Crippen LogP) is 4.77. The molecule has 0 N–H and O–H groups in total. The van der Waals surface area contributed by atoms with Crippen molar-refractivity contribution in [2.75, 3.05) is 0 Å². The van der Waals surface area contributed by atoms with Gasteiger partial charge in [-0.05, 0) is 56.5 Å². The normalized spacial score (nSPS) is 14.8. The zero-order chi connectivity index (χ0) is 20.1. The average molecular weight is 403 g/mol. The Balaban J connectivity index is 1.64. The smallest absolute Gasteiger partial charge is 0.262 e. The van der Waals surface area contributed by atoms with E-state index in [2.05, 4.69) is 32.1 Å². The molecular formula is C23H22N4OS. The molecule has 1 aromatic carbocycles. The van der Waals surface area contributed by atoms with Crippen molar-refractivity contribution in [1.82, 2.24) is 19.3 Å². The number of aryl methyl sites for hydroxylation is 2. The van der Waals surface area contributed by atoms with Crippen molar-refractivity contribution in [3.05, 3.63) is 74.4 Å². The molecule has 0 bridgehead atoms. The lowest BCUT2D eigenvalue weighted by molar-refractivity contribution is 0.726. The maximum atomic E-state index is 13.0. The Bertz CT molecular complexity index is 1320. The topological polar surface area (TPSA) is 52.7 Å². The molecule has 0 atom stereocenters. The molecule has 146 valence electrons. The Hall–Kier alpha value is -2.99. The van der Waals surface area contributed by atoms with Crippen LogP contribution < -0.4 is 5.56 Å². The molecule has 5 rings (SSSR count). The summed E-state index contributed by atoms with van der Waals surface area (Å²) in [5.41, 5.74) is 5.41. The molecule has 0 spiro atoms. The summed E-state index contributed by atoms with van der Waals surface area (Å²) in [6, 6.07) is 12.2. The van der Waals surface area contributed by atoms with Crippen LogP contribution in [-0.4, -0.2) is 19.3 Å².